The third kappa shape index (κ3) is 5.78. The van der Waals surface area contributed by atoms with Gasteiger partial charge in [0, 0.05) is 35.4 Å². The molecule has 0 spiro atoms. The van der Waals surface area contributed by atoms with Crippen LogP contribution in [0.3, 0.4) is 0 Å². The van der Waals surface area contributed by atoms with Crippen LogP contribution in [-0.2, 0) is 9.63 Å². The molecule has 6 N–H and O–H groups in total. The van der Waals surface area contributed by atoms with E-state index < -0.39 is 30.0 Å². The Morgan fingerprint density at radius 3 is 2.90 bits per heavy atom. The van der Waals surface area contributed by atoms with E-state index in [1.807, 2.05) is 6.08 Å². The monoisotopic (exact) mass is 561 g/mol. The normalized spacial score (nSPS) is 21.9. The molecule has 1 aromatic carbocycles. The van der Waals surface area contributed by atoms with Crippen molar-refractivity contribution in [3.8, 4) is 5.75 Å². The first-order chi connectivity index (χ1) is 19.0. The number of aliphatic hydroxyl groups excluding tert-OH is 1. The summed E-state index contributed by atoms with van der Waals surface area (Å²) in [5.41, 5.74) is 8.22. The molecular weight excluding hydrogens is 535 g/mol. The second kappa shape index (κ2) is 10.9. The highest BCUT2D eigenvalue weighted by Crippen LogP contribution is 2.37. The summed E-state index contributed by atoms with van der Waals surface area (Å²) in [7, 11) is 0. The number of hydroxylamine groups is 1. The Morgan fingerprint density at radius 2 is 2.12 bits per heavy atom. The number of halogens is 3. The maximum atomic E-state index is 13.0. The number of benzene rings is 1. The van der Waals surface area contributed by atoms with Gasteiger partial charge in [-0.2, -0.15) is 5.53 Å². The Hall–Kier alpha value is -4.02. The fraction of sp³-hybridized carbons (Fsp3) is 0.320. The van der Waals surface area contributed by atoms with Crippen molar-refractivity contribution in [3.05, 3.63) is 58.4 Å². The lowest BCUT2D eigenvalue weighted by atomic mass is 10.0. The molecule has 1 fully saturated rings. The van der Waals surface area contributed by atoms with Crippen LogP contribution in [-0.4, -0.2) is 71.1 Å². The van der Waals surface area contributed by atoms with Gasteiger partial charge in [-0.3, -0.25) is 19.4 Å². The highest BCUT2D eigenvalue weighted by molar-refractivity contribution is 6.35. The van der Waals surface area contributed by atoms with Crippen LogP contribution >= 0.6 is 0 Å². The van der Waals surface area contributed by atoms with Crippen LogP contribution < -0.4 is 26.3 Å². The van der Waals surface area contributed by atoms with Crippen molar-refractivity contribution in [2.75, 3.05) is 18.5 Å². The molecule has 3 atom stereocenters. The summed E-state index contributed by atoms with van der Waals surface area (Å²) in [6.07, 6.45) is 0.591. The van der Waals surface area contributed by atoms with Crippen LogP contribution in [0.2, 0.25) is 0 Å². The number of hydrogen-bond acceptors (Lipinski definition) is 9. The molecule has 0 aliphatic carbocycles. The summed E-state index contributed by atoms with van der Waals surface area (Å²) in [5, 5.41) is 17.0. The smallest absolute Gasteiger partial charge is 0.406 e. The van der Waals surface area contributed by atoms with Gasteiger partial charge in [0.15, 0.2) is 6.17 Å². The van der Waals surface area contributed by atoms with Crippen LogP contribution in [0.4, 0.5) is 18.9 Å². The Labute approximate surface area is 225 Å². The predicted octanol–water partition coefficient (Wildman–Crippen LogP) is 1.71. The summed E-state index contributed by atoms with van der Waals surface area (Å²) in [6, 6.07) is 3.48. The van der Waals surface area contributed by atoms with Gasteiger partial charge in [-0.1, -0.05) is 11.2 Å². The van der Waals surface area contributed by atoms with Crippen molar-refractivity contribution in [1.82, 2.24) is 26.4 Å². The molecular formula is C25H26F3N7O5. The van der Waals surface area contributed by atoms with Crippen LogP contribution in [0, 0.1) is 13.8 Å². The highest BCUT2D eigenvalue weighted by Gasteiger charge is 2.35. The summed E-state index contributed by atoms with van der Waals surface area (Å²) in [4.78, 5) is 38.4. The number of anilines is 1. The number of hydrogen-bond donors (Lipinski definition) is 6. The number of fused-ring (bicyclic) bond motifs is 2. The highest BCUT2D eigenvalue weighted by atomic mass is 19.4. The number of aryl methyl sites for hydroxylation is 1. The van der Waals surface area contributed by atoms with Crippen LogP contribution in [0.15, 0.2) is 35.3 Å². The summed E-state index contributed by atoms with van der Waals surface area (Å²) in [6.45, 7) is 3.12. The van der Waals surface area contributed by atoms with Gasteiger partial charge in [0.1, 0.15) is 5.75 Å². The fourth-order valence-electron chi connectivity index (χ4n) is 4.58. The van der Waals surface area contributed by atoms with Gasteiger partial charge < -0.3 is 25.5 Å². The number of rotatable bonds is 8. The van der Waals surface area contributed by atoms with Crippen molar-refractivity contribution in [2.45, 2.75) is 38.5 Å². The van der Waals surface area contributed by atoms with Gasteiger partial charge >= 0.3 is 6.36 Å². The Morgan fingerprint density at radius 1 is 1.32 bits per heavy atom. The SMILES string of the molecule is Cc1[nH]c(/C=C2\C(=O)Nc3ccc(OC(F)(F)F)cc32)c(C)c1C(=O)NCC(O)CON1NNC2C=CC=NC21. The maximum Gasteiger partial charge on any atom is 0.573 e. The lowest BCUT2D eigenvalue weighted by Crippen LogP contribution is -2.43. The number of amides is 2. The van der Waals surface area contributed by atoms with E-state index in [-0.39, 0.29) is 36.5 Å². The number of ether oxygens (including phenoxy) is 1. The molecule has 0 saturated carbocycles. The average molecular weight is 562 g/mol. The first kappa shape index (κ1) is 27.5. The van der Waals surface area contributed by atoms with Crippen molar-refractivity contribution < 1.29 is 37.4 Å². The number of allylic oxidation sites excluding steroid dienone is 1. The number of carbonyl (C=O) groups excluding carboxylic acids is 2. The zero-order valence-electron chi connectivity index (χ0n) is 21.3. The molecule has 0 bridgehead atoms. The molecule has 15 heteroatoms. The zero-order valence-corrected chi connectivity index (χ0v) is 21.3. The van der Waals surface area contributed by atoms with Crippen LogP contribution in [0.25, 0.3) is 11.6 Å². The van der Waals surface area contributed by atoms with Gasteiger partial charge in [-0.05, 0) is 49.8 Å². The van der Waals surface area contributed by atoms with E-state index in [0.717, 1.165) is 12.1 Å². The number of aromatic nitrogens is 1. The lowest BCUT2D eigenvalue weighted by molar-refractivity contribution is -0.274. The second-order valence-electron chi connectivity index (χ2n) is 9.29. The number of aliphatic imine (C=N–C) groups is 1. The molecule has 12 nitrogen and oxygen atoms in total. The number of hydrazine groups is 2. The number of aromatic amines is 1. The summed E-state index contributed by atoms with van der Waals surface area (Å²) >= 11 is 0. The quantitative estimate of drug-likeness (QED) is 0.267. The van der Waals surface area contributed by atoms with E-state index in [1.165, 1.54) is 17.3 Å². The number of nitrogens with one attached hydrogen (secondary N) is 5. The van der Waals surface area contributed by atoms with E-state index in [4.69, 9.17) is 4.84 Å². The molecule has 5 rings (SSSR count). The second-order valence-corrected chi connectivity index (χ2v) is 9.29. The van der Waals surface area contributed by atoms with Crippen LogP contribution in [0.5, 0.6) is 5.75 Å². The van der Waals surface area contributed by atoms with E-state index in [9.17, 15) is 27.9 Å². The number of H-pyrrole nitrogens is 1. The minimum Gasteiger partial charge on any atom is -0.406 e. The molecule has 1 aromatic heterocycles. The predicted molar refractivity (Wildman–Crippen MR) is 138 cm³/mol. The lowest BCUT2D eigenvalue weighted by Gasteiger charge is -2.22. The summed E-state index contributed by atoms with van der Waals surface area (Å²) < 4.78 is 42.0. The van der Waals surface area contributed by atoms with Gasteiger partial charge in [0.05, 0.1) is 29.9 Å². The van der Waals surface area contributed by atoms with E-state index >= 15 is 0 Å². The molecule has 4 heterocycles. The number of carbonyl (C=O) groups is 2. The Bertz CT molecular complexity index is 1420. The van der Waals surface area contributed by atoms with Crippen molar-refractivity contribution >= 4 is 35.4 Å². The number of aliphatic hydroxyl groups is 1. The Balaban J connectivity index is 1.24. The van der Waals surface area contributed by atoms with Gasteiger partial charge in [-0.25, -0.2) is 5.43 Å². The molecule has 3 aliphatic heterocycles. The standard InChI is InChI=1S/C25H26F3N7O5/c1-12-20(9-17-16-8-15(40-25(26,27)28)5-6-18(16)32-23(17)37)31-13(2)21(12)24(38)30-10-14(36)11-39-35-22-19(33-34-35)4-3-7-29-22/h3-9,14,19,22,31,33-34,36H,10-11H2,1-2H3,(H,30,38)(H,32,37)/b17-9-. The topological polar surface area (TPSA) is 152 Å². The van der Waals surface area contributed by atoms with Gasteiger partial charge in [0.25, 0.3) is 11.8 Å². The number of dihydropyridines is 1. The van der Waals surface area contributed by atoms with E-state index in [1.54, 1.807) is 26.1 Å². The molecule has 212 valence electrons. The minimum atomic E-state index is -4.88. The number of nitrogens with zero attached hydrogens (tertiary/aromatic N) is 2. The zero-order chi connectivity index (χ0) is 28.6. The van der Waals surface area contributed by atoms with Gasteiger partial charge in [0.2, 0.25) is 0 Å². The van der Waals surface area contributed by atoms with Crippen LogP contribution in [0.1, 0.15) is 32.9 Å². The summed E-state index contributed by atoms with van der Waals surface area (Å²) in [5.74, 6) is -1.44. The Kier molecular flexibility index (Phi) is 7.48. The third-order valence-corrected chi connectivity index (χ3v) is 6.45. The molecule has 2 aromatic rings. The van der Waals surface area contributed by atoms with Crippen molar-refractivity contribution in [2.24, 2.45) is 4.99 Å². The largest absolute Gasteiger partial charge is 0.573 e. The molecule has 40 heavy (non-hydrogen) atoms. The first-order valence-corrected chi connectivity index (χ1v) is 12.2. The molecule has 2 amide bonds. The van der Waals surface area contributed by atoms with Gasteiger partial charge in [-0.15, -0.1) is 13.2 Å². The molecule has 3 unspecified atom stereocenters. The average Bonchev–Trinajstić information content (AvgIpc) is 3.53. The maximum absolute atomic E-state index is 13.0. The first-order valence-electron chi connectivity index (χ1n) is 12.2. The minimum absolute atomic E-state index is 0.0791. The third-order valence-electron chi connectivity index (χ3n) is 6.45. The molecule has 3 aliphatic rings. The van der Waals surface area contributed by atoms with E-state index in [0.29, 0.717) is 28.2 Å². The molecule has 0 radical (unpaired) electrons. The van der Waals surface area contributed by atoms with Crippen molar-refractivity contribution in [1.29, 1.82) is 0 Å². The number of alkyl halides is 3. The van der Waals surface area contributed by atoms with Crippen molar-refractivity contribution in [3.63, 3.8) is 0 Å². The fourth-order valence-corrected chi connectivity index (χ4v) is 4.58. The molecule has 1 saturated heterocycles. The van der Waals surface area contributed by atoms with E-state index in [2.05, 4.69) is 36.3 Å².